The summed E-state index contributed by atoms with van der Waals surface area (Å²) in [5.74, 6) is -1.04. The monoisotopic (exact) mass is 298 g/mol. The maximum Gasteiger partial charge on any atom is 0.333 e. The third-order valence-electron chi connectivity index (χ3n) is 3.68. The maximum atomic E-state index is 12.3. The zero-order valence-electron chi connectivity index (χ0n) is 12.8. The molecule has 6 nitrogen and oxygen atoms in total. The van der Waals surface area contributed by atoms with Gasteiger partial charge in [0.25, 0.3) is 0 Å². The molecule has 0 spiro atoms. The van der Waals surface area contributed by atoms with Crippen LogP contribution in [-0.4, -0.2) is 38.5 Å². The van der Waals surface area contributed by atoms with Gasteiger partial charge in [0.15, 0.2) is 5.78 Å². The Morgan fingerprint density at radius 2 is 1.95 bits per heavy atom. The summed E-state index contributed by atoms with van der Waals surface area (Å²) in [5.41, 5.74) is -1.25. The van der Waals surface area contributed by atoms with E-state index in [4.69, 9.17) is 9.47 Å². The van der Waals surface area contributed by atoms with Crippen LogP contribution in [0.25, 0.3) is 0 Å². The lowest BCUT2D eigenvalue weighted by molar-refractivity contribution is -0.163. The summed E-state index contributed by atoms with van der Waals surface area (Å²) in [4.78, 5) is 36.0. The standard InChI is InChI=1S/C15H22O6/c1-4-21-14(18)15(8-6-5-7-12(15)16)10-11(19-2)9-13(17)20-3/h9H,4-8,10H2,1-3H3/b11-9-. The summed E-state index contributed by atoms with van der Waals surface area (Å²) in [5, 5.41) is 0. The topological polar surface area (TPSA) is 78.9 Å². The Balaban J connectivity index is 3.07. The van der Waals surface area contributed by atoms with E-state index in [1.165, 1.54) is 14.2 Å². The Morgan fingerprint density at radius 3 is 2.48 bits per heavy atom. The number of esters is 2. The molecule has 1 saturated carbocycles. The van der Waals surface area contributed by atoms with Crippen LogP contribution in [0.15, 0.2) is 11.8 Å². The number of allylic oxidation sites excluding steroid dienone is 1. The van der Waals surface area contributed by atoms with Crippen molar-refractivity contribution >= 4 is 17.7 Å². The third kappa shape index (κ3) is 4.06. The molecule has 6 heteroatoms. The van der Waals surface area contributed by atoms with Gasteiger partial charge in [-0.3, -0.25) is 9.59 Å². The molecule has 118 valence electrons. The molecular formula is C15H22O6. The fourth-order valence-electron chi connectivity index (χ4n) is 2.51. The van der Waals surface area contributed by atoms with Crippen LogP contribution < -0.4 is 0 Å². The van der Waals surface area contributed by atoms with E-state index < -0.39 is 17.4 Å². The second-order valence-electron chi connectivity index (χ2n) is 4.95. The molecule has 0 N–H and O–H groups in total. The molecule has 0 aliphatic heterocycles. The van der Waals surface area contributed by atoms with Crippen molar-refractivity contribution in [2.75, 3.05) is 20.8 Å². The van der Waals surface area contributed by atoms with E-state index in [0.717, 1.165) is 18.9 Å². The Bertz CT molecular complexity index is 439. The summed E-state index contributed by atoms with van der Waals surface area (Å²) >= 11 is 0. The number of ketones is 1. The van der Waals surface area contributed by atoms with Crippen molar-refractivity contribution in [3.8, 4) is 0 Å². The van der Waals surface area contributed by atoms with E-state index in [2.05, 4.69) is 4.74 Å². The van der Waals surface area contributed by atoms with Crippen molar-refractivity contribution in [3.05, 3.63) is 11.8 Å². The van der Waals surface area contributed by atoms with E-state index in [1.807, 2.05) is 0 Å². The quantitative estimate of drug-likeness (QED) is 0.322. The molecule has 0 aromatic carbocycles. The van der Waals surface area contributed by atoms with Crippen LogP contribution in [-0.2, 0) is 28.6 Å². The number of ether oxygens (including phenoxy) is 3. The first-order valence-electron chi connectivity index (χ1n) is 7.03. The smallest absolute Gasteiger partial charge is 0.333 e. The highest BCUT2D eigenvalue weighted by Gasteiger charge is 2.48. The lowest BCUT2D eigenvalue weighted by Gasteiger charge is -2.33. The van der Waals surface area contributed by atoms with Gasteiger partial charge in [-0.05, 0) is 19.8 Å². The van der Waals surface area contributed by atoms with Crippen LogP contribution in [0.4, 0.5) is 0 Å². The van der Waals surface area contributed by atoms with Gasteiger partial charge in [-0.1, -0.05) is 6.42 Å². The Hall–Kier alpha value is -1.85. The molecule has 0 aromatic rings. The average molecular weight is 298 g/mol. The van der Waals surface area contributed by atoms with Crippen molar-refractivity contribution in [1.29, 1.82) is 0 Å². The SMILES string of the molecule is CCOC(=O)C1(C/C(=C/C(=O)OC)OC)CCCCC1=O. The predicted molar refractivity (Wildman–Crippen MR) is 74.3 cm³/mol. The van der Waals surface area contributed by atoms with E-state index in [1.54, 1.807) is 6.92 Å². The van der Waals surface area contributed by atoms with Gasteiger partial charge < -0.3 is 14.2 Å². The van der Waals surface area contributed by atoms with Gasteiger partial charge in [0.1, 0.15) is 11.2 Å². The number of rotatable bonds is 6. The van der Waals surface area contributed by atoms with Crippen molar-refractivity contribution in [2.24, 2.45) is 5.41 Å². The van der Waals surface area contributed by atoms with Gasteiger partial charge in [-0.2, -0.15) is 0 Å². The van der Waals surface area contributed by atoms with Crippen molar-refractivity contribution < 1.29 is 28.6 Å². The molecule has 0 amide bonds. The molecule has 1 rings (SSSR count). The molecule has 0 aromatic heterocycles. The lowest BCUT2D eigenvalue weighted by Crippen LogP contribution is -2.43. The summed E-state index contributed by atoms with van der Waals surface area (Å²) < 4.78 is 14.7. The molecule has 1 atom stereocenters. The van der Waals surface area contributed by atoms with Gasteiger partial charge >= 0.3 is 11.9 Å². The zero-order valence-corrected chi connectivity index (χ0v) is 12.8. The van der Waals surface area contributed by atoms with Crippen molar-refractivity contribution in [3.63, 3.8) is 0 Å². The van der Waals surface area contributed by atoms with E-state index in [-0.39, 0.29) is 24.6 Å². The summed E-state index contributed by atoms with van der Waals surface area (Å²) in [6.45, 7) is 1.90. The number of hydrogen-bond donors (Lipinski definition) is 0. The number of carbonyl (C=O) groups is 3. The van der Waals surface area contributed by atoms with Gasteiger partial charge in [-0.25, -0.2) is 4.79 Å². The summed E-state index contributed by atoms with van der Waals surface area (Å²) in [7, 11) is 2.64. The number of Topliss-reactive ketones (excluding diaryl/α,β-unsaturated/α-hetero) is 1. The first kappa shape index (κ1) is 17.2. The predicted octanol–water partition coefficient (Wildman–Crippen LogP) is 1.77. The molecule has 0 bridgehead atoms. The minimum Gasteiger partial charge on any atom is -0.501 e. The van der Waals surface area contributed by atoms with Crippen molar-refractivity contribution in [2.45, 2.75) is 39.0 Å². The molecule has 1 aliphatic rings. The van der Waals surface area contributed by atoms with Gasteiger partial charge in [0.2, 0.25) is 0 Å². The van der Waals surface area contributed by atoms with Gasteiger partial charge in [0, 0.05) is 12.8 Å². The molecule has 1 aliphatic carbocycles. The highest BCUT2D eigenvalue weighted by molar-refractivity contribution is 6.04. The second kappa shape index (κ2) is 7.81. The molecule has 1 unspecified atom stereocenters. The Labute approximate surface area is 124 Å². The van der Waals surface area contributed by atoms with E-state index in [0.29, 0.717) is 12.8 Å². The first-order valence-corrected chi connectivity index (χ1v) is 7.03. The third-order valence-corrected chi connectivity index (χ3v) is 3.68. The van der Waals surface area contributed by atoms with Gasteiger partial charge in [0.05, 0.1) is 26.9 Å². The summed E-state index contributed by atoms with van der Waals surface area (Å²) in [6.07, 6.45) is 3.46. The largest absolute Gasteiger partial charge is 0.501 e. The number of methoxy groups -OCH3 is 2. The van der Waals surface area contributed by atoms with Crippen LogP contribution in [0.1, 0.15) is 39.0 Å². The molecule has 0 saturated heterocycles. The zero-order chi connectivity index (χ0) is 15.9. The minimum atomic E-state index is -1.25. The molecule has 1 fully saturated rings. The molecular weight excluding hydrogens is 276 g/mol. The lowest BCUT2D eigenvalue weighted by atomic mass is 9.70. The van der Waals surface area contributed by atoms with Crippen LogP contribution in [0.3, 0.4) is 0 Å². The average Bonchev–Trinajstić information content (AvgIpc) is 2.48. The van der Waals surface area contributed by atoms with E-state index >= 15 is 0 Å². The van der Waals surface area contributed by atoms with Gasteiger partial charge in [-0.15, -0.1) is 0 Å². The van der Waals surface area contributed by atoms with Crippen molar-refractivity contribution in [1.82, 2.24) is 0 Å². The fourth-order valence-corrected chi connectivity index (χ4v) is 2.51. The normalized spacial score (nSPS) is 22.6. The minimum absolute atomic E-state index is 0.0241. The van der Waals surface area contributed by atoms with E-state index in [9.17, 15) is 14.4 Å². The molecule has 0 radical (unpaired) electrons. The molecule has 21 heavy (non-hydrogen) atoms. The van der Waals surface area contributed by atoms with Crippen LogP contribution in [0, 0.1) is 5.41 Å². The number of hydrogen-bond acceptors (Lipinski definition) is 6. The molecule has 0 heterocycles. The fraction of sp³-hybridized carbons (Fsp3) is 0.667. The van der Waals surface area contributed by atoms with Crippen LogP contribution in [0.2, 0.25) is 0 Å². The second-order valence-corrected chi connectivity index (χ2v) is 4.95. The van der Waals surface area contributed by atoms with Crippen LogP contribution in [0.5, 0.6) is 0 Å². The first-order chi connectivity index (χ1) is 10.00. The number of carbonyl (C=O) groups excluding carboxylic acids is 3. The Morgan fingerprint density at radius 1 is 1.24 bits per heavy atom. The summed E-state index contributed by atoms with van der Waals surface area (Å²) in [6, 6.07) is 0. The highest BCUT2D eigenvalue weighted by Crippen LogP contribution is 2.40. The Kier molecular flexibility index (Phi) is 6.39. The maximum absolute atomic E-state index is 12.3. The highest BCUT2D eigenvalue weighted by atomic mass is 16.5. The van der Waals surface area contributed by atoms with Crippen LogP contribution >= 0.6 is 0 Å².